The normalized spacial score (nSPS) is 11.4. The minimum absolute atomic E-state index is 0.0990. The Morgan fingerprint density at radius 3 is 2.62 bits per heavy atom. The van der Waals surface area contributed by atoms with Gasteiger partial charge in [0.05, 0.1) is 5.02 Å². The van der Waals surface area contributed by atoms with Crippen LogP contribution in [0.1, 0.15) is 12.5 Å². The van der Waals surface area contributed by atoms with E-state index in [9.17, 15) is 9.90 Å². The standard InChI is InChI=1S/C10H9ClO2/c1-7(12)6-10(13)8-4-2-3-5-9(8)11/h2-6,13H,1H3/b10-6-. The Labute approximate surface area is 81.5 Å². The van der Waals surface area contributed by atoms with Gasteiger partial charge in [0.1, 0.15) is 5.76 Å². The molecule has 0 aromatic heterocycles. The molecule has 0 aliphatic heterocycles. The van der Waals surface area contributed by atoms with Crippen LogP contribution in [0, 0.1) is 0 Å². The van der Waals surface area contributed by atoms with Crippen molar-refractivity contribution in [2.24, 2.45) is 0 Å². The molecule has 0 saturated heterocycles. The van der Waals surface area contributed by atoms with Crippen molar-refractivity contribution in [1.29, 1.82) is 0 Å². The second kappa shape index (κ2) is 4.10. The van der Waals surface area contributed by atoms with Gasteiger partial charge >= 0.3 is 0 Å². The average Bonchev–Trinajstić information content (AvgIpc) is 2.03. The molecule has 0 saturated carbocycles. The smallest absolute Gasteiger partial charge is 0.156 e. The Hall–Kier alpha value is -1.28. The predicted octanol–water partition coefficient (Wildman–Crippen LogP) is 2.83. The number of carbonyl (C=O) groups is 1. The third kappa shape index (κ3) is 2.60. The summed E-state index contributed by atoms with van der Waals surface area (Å²) in [6, 6.07) is 6.80. The number of benzene rings is 1. The Bertz CT molecular complexity index is 356. The highest BCUT2D eigenvalue weighted by molar-refractivity contribution is 6.32. The summed E-state index contributed by atoms with van der Waals surface area (Å²) in [6.45, 7) is 1.37. The molecule has 0 fully saturated rings. The Kier molecular flexibility index (Phi) is 3.09. The largest absolute Gasteiger partial charge is 0.507 e. The number of rotatable bonds is 2. The maximum absolute atomic E-state index is 10.7. The highest BCUT2D eigenvalue weighted by Crippen LogP contribution is 2.21. The quantitative estimate of drug-likeness (QED) is 0.584. The van der Waals surface area contributed by atoms with E-state index in [1.807, 2.05) is 0 Å². The summed E-state index contributed by atoms with van der Waals surface area (Å²) in [5.74, 6) is -0.310. The van der Waals surface area contributed by atoms with E-state index in [0.717, 1.165) is 6.08 Å². The summed E-state index contributed by atoms with van der Waals surface area (Å²) in [6.07, 6.45) is 1.14. The van der Waals surface area contributed by atoms with Gasteiger partial charge in [-0.25, -0.2) is 0 Å². The number of ketones is 1. The first-order valence-electron chi connectivity index (χ1n) is 3.77. The number of aliphatic hydroxyl groups excluding tert-OH is 1. The molecular weight excluding hydrogens is 188 g/mol. The molecule has 13 heavy (non-hydrogen) atoms. The SMILES string of the molecule is CC(=O)/C=C(\O)c1ccccc1Cl. The summed E-state index contributed by atoms with van der Waals surface area (Å²) in [5, 5.41) is 9.86. The molecule has 1 N–H and O–H groups in total. The molecule has 2 nitrogen and oxygen atoms in total. The maximum atomic E-state index is 10.7. The lowest BCUT2D eigenvalue weighted by atomic mass is 10.1. The lowest BCUT2D eigenvalue weighted by Crippen LogP contribution is -1.89. The number of aliphatic hydroxyl groups is 1. The summed E-state index contributed by atoms with van der Waals surface area (Å²) in [4.78, 5) is 10.7. The molecule has 1 rings (SSSR count). The maximum Gasteiger partial charge on any atom is 0.156 e. The fourth-order valence-corrected chi connectivity index (χ4v) is 1.17. The summed E-state index contributed by atoms with van der Waals surface area (Å²) in [7, 11) is 0. The third-order valence-corrected chi connectivity index (χ3v) is 1.82. The fourth-order valence-electron chi connectivity index (χ4n) is 0.939. The molecule has 0 atom stereocenters. The highest BCUT2D eigenvalue weighted by Gasteiger charge is 2.03. The zero-order valence-electron chi connectivity index (χ0n) is 7.12. The van der Waals surface area contributed by atoms with E-state index in [-0.39, 0.29) is 11.5 Å². The van der Waals surface area contributed by atoms with Crippen LogP contribution in [0.3, 0.4) is 0 Å². The Morgan fingerprint density at radius 2 is 2.08 bits per heavy atom. The molecule has 0 amide bonds. The minimum Gasteiger partial charge on any atom is -0.507 e. The van der Waals surface area contributed by atoms with E-state index in [1.54, 1.807) is 24.3 Å². The molecule has 68 valence electrons. The number of allylic oxidation sites excluding steroid dienone is 1. The molecule has 0 aliphatic rings. The summed E-state index contributed by atoms with van der Waals surface area (Å²) >= 11 is 5.79. The highest BCUT2D eigenvalue weighted by atomic mass is 35.5. The molecule has 1 aromatic rings. The van der Waals surface area contributed by atoms with Crippen molar-refractivity contribution < 1.29 is 9.90 Å². The van der Waals surface area contributed by atoms with Crippen LogP contribution in [0.15, 0.2) is 30.3 Å². The molecule has 1 aromatic carbocycles. The molecule has 0 radical (unpaired) electrons. The summed E-state index contributed by atoms with van der Waals surface area (Å²) in [5.41, 5.74) is 0.472. The van der Waals surface area contributed by atoms with E-state index in [1.165, 1.54) is 6.92 Å². The molecule has 0 unspecified atom stereocenters. The second-order valence-electron chi connectivity index (χ2n) is 2.62. The van der Waals surface area contributed by atoms with Gasteiger partial charge in [0.25, 0.3) is 0 Å². The zero-order chi connectivity index (χ0) is 9.84. The Balaban J connectivity index is 3.08. The Morgan fingerprint density at radius 1 is 1.46 bits per heavy atom. The first-order valence-corrected chi connectivity index (χ1v) is 4.15. The van der Waals surface area contributed by atoms with E-state index >= 15 is 0 Å². The lowest BCUT2D eigenvalue weighted by molar-refractivity contribution is -0.112. The number of hydrogen-bond donors (Lipinski definition) is 1. The van der Waals surface area contributed by atoms with E-state index in [0.29, 0.717) is 10.6 Å². The lowest BCUT2D eigenvalue weighted by Gasteiger charge is -2.01. The second-order valence-corrected chi connectivity index (χ2v) is 3.03. The van der Waals surface area contributed by atoms with Gasteiger partial charge in [0, 0.05) is 11.6 Å². The van der Waals surface area contributed by atoms with Gasteiger partial charge in [0.2, 0.25) is 0 Å². The topological polar surface area (TPSA) is 37.3 Å². The zero-order valence-corrected chi connectivity index (χ0v) is 7.88. The predicted molar refractivity (Wildman–Crippen MR) is 52.7 cm³/mol. The van der Waals surface area contributed by atoms with Crippen molar-refractivity contribution in [3.05, 3.63) is 40.9 Å². The van der Waals surface area contributed by atoms with Crippen molar-refractivity contribution >= 4 is 23.1 Å². The van der Waals surface area contributed by atoms with E-state index in [2.05, 4.69) is 0 Å². The van der Waals surface area contributed by atoms with Gasteiger partial charge in [-0.1, -0.05) is 23.7 Å². The van der Waals surface area contributed by atoms with Crippen molar-refractivity contribution in [3.63, 3.8) is 0 Å². The van der Waals surface area contributed by atoms with Crippen LogP contribution in [0.25, 0.3) is 5.76 Å². The van der Waals surface area contributed by atoms with Crippen LogP contribution in [-0.4, -0.2) is 10.9 Å². The van der Waals surface area contributed by atoms with Gasteiger partial charge < -0.3 is 5.11 Å². The first kappa shape index (κ1) is 9.81. The van der Waals surface area contributed by atoms with Crippen molar-refractivity contribution in [2.75, 3.05) is 0 Å². The number of halogens is 1. The molecule has 0 aliphatic carbocycles. The summed E-state index contributed by atoms with van der Waals surface area (Å²) < 4.78 is 0. The van der Waals surface area contributed by atoms with E-state index in [4.69, 9.17) is 11.6 Å². The molecule has 3 heteroatoms. The minimum atomic E-state index is -0.211. The van der Waals surface area contributed by atoms with Crippen molar-refractivity contribution in [2.45, 2.75) is 6.92 Å². The van der Waals surface area contributed by atoms with Crippen molar-refractivity contribution in [1.82, 2.24) is 0 Å². The number of carbonyl (C=O) groups excluding carboxylic acids is 1. The van der Waals surface area contributed by atoms with Gasteiger partial charge in [-0.15, -0.1) is 0 Å². The number of hydrogen-bond acceptors (Lipinski definition) is 2. The van der Waals surface area contributed by atoms with Crippen LogP contribution < -0.4 is 0 Å². The third-order valence-electron chi connectivity index (χ3n) is 1.49. The fraction of sp³-hybridized carbons (Fsp3) is 0.100. The van der Waals surface area contributed by atoms with Gasteiger partial charge in [-0.2, -0.15) is 0 Å². The van der Waals surface area contributed by atoms with Crippen LogP contribution >= 0.6 is 11.6 Å². The van der Waals surface area contributed by atoms with E-state index < -0.39 is 0 Å². The molecular formula is C10H9ClO2. The van der Waals surface area contributed by atoms with Crippen LogP contribution in [0.4, 0.5) is 0 Å². The van der Waals surface area contributed by atoms with Crippen molar-refractivity contribution in [3.8, 4) is 0 Å². The van der Waals surface area contributed by atoms with Gasteiger partial charge in [-0.3, -0.25) is 4.79 Å². The van der Waals surface area contributed by atoms with Crippen LogP contribution in [0.2, 0.25) is 5.02 Å². The van der Waals surface area contributed by atoms with Crippen LogP contribution in [-0.2, 0) is 4.79 Å². The first-order chi connectivity index (χ1) is 6.11. The van der Waals surface area contributed by atoms with Gasteiger partial charge in [0.15, 0.2) is 5.78 Å². The van der Waals surface area contributed by atoms with Gasteiger partial charge in [-0.05, 0) is 19.1 Å². The molecule has 0 spiro atoms. The molecule has 0 heterocycles. The average molecular weight is 197 g/mol. The molecule has 0 bridgehead atoms. The monoisotopic (exact) mass is 196 g/mol. The van der Waals surface area contributed by atoms with Crippen LogP contribution in [0.5, 0.6) is 0 Å².